The van der Waals surface area contributed by atoms with Gasteiger partial charge in [0.15, 0.2) is 0 Å². The summed E-state index contributed by atoms with van der Waals surface area (Å²) in [6.45, 7) is 5.11. The Morgan fingerprint density at radius 2 is 1.64 bits per heavy atom. The molecule has 3 fully saturated rings. The zero-order valence-electron chi connectivity index (χ0n) is 16.6. The van der Waals surface area contributed by atoms with Crippen molar-refractivity contribution in [2.24, 2.45) is 0 Å². The Balaban J connectivity index is 1.50. The molecule has 0 bridgehead atoms. The fourth-order valence-corrected chi connectivity index (χ4v) is 6.33. The molecule has 6 nitrogen and oxygen atoms in total. The van der Waals surface area contributed by atoms with E-state index in [2.05, 4.69) is 4.90 Å². The molecule has 154 valence electrons. The number of hydrogen-bond donors (Lipinski definition) is 0. The second-order valence-corrected chi connectivity index (χ2v) is 10.2. The third-order valence-electron chi connectivity index (χ3n) is 6.34. The van der Waals surface area contributed by atoms with Crippen LogP contribution >= 0.6 is 0 Å². The monoisotopic (exact) mass is 405 g/mol. The first-order chi connectivity index (χ1) is 13.6. The van der Waals surface area contributed by atoms with Gasteiger partial charge in [-0.2, -0.15) is 4.31 Å². The van der Waals surface area contributed by atoms with Crippen LogP contribution in [0.2, 0.25) is 0 Å². The van der Waals surface area contributed by atoms with Gasteiger partial charge in [0.2, 0.25) is 10.0 Å². The maximum Gasteiger partial charge on any atom is 0.254 e. The number of hydrogen-bond acceptors (Lipinski definition) is 4. The summed E-state index contributed by atoms with van der Waals surface area (Å²) in [7, 11) is -3.52. The third-order valence-corrected chi connectivity index (χ3v) is 8.23. The van der Waals surface area contributed by atoms with Gasteiger partial charge >= 0.3 is 0 Å². The molecule has 0 aromatic heterocycles. The van der Waals surface area contributed by atoms with Gasteiger partial charge in [0.25, 0.3) is 5.91 Å². The molecule has 4 rings (SSSR count). The van der Waals surface area contributed by atoms with Crippen molar-refractivity contribution in [1.29, 1.82) is 0 Å². The molecule has 0 aliphatic carbocycles. The molecule has 0 spiro atoms. The molecule has 0 saturated carbocycles. The quantitative estimate of drug-likeness (QED) is 0.755. The lowest BCUT2D eigenvalue weighted by Gasteiger charge is -2.29. The number of nitrogens with zero attached hydrogens (tertiary/aromatic N) is 3. The number of carbonyl (C=O) groups excluding carboxylic acids is 1. The van der Waals surface area contributed by atoms with E-state index in [1.165, 1.54) is 12.8 Å². The Kier molecular flexibility index (Phi) is 6.04. The van der Waals surface area contributed by atoms with Gasteiger partial charge in [-0.25, -0.2) is 8.42 Å². The van der Waals surface area contributed by atoms with Crippen molar-refractivity contribution in [2.75, 3.05) is 39.3 Å². The summed E-state index contributed by atoms with van der Waals surface area (Å²) >= 11 is 0. The van der Waals surface area contributed by atoms with E-state index in [9.17, 15) is 13.2 Å². The lowest BCUT2D eigenvalue weighted by Crippen LogP contribution is -2.42. The summed E-state index contributed by atoms with van der Waals surface area (Å²) in [4.78, 5) is 17.8. The van der Waals surface area contributed by atoms with Gasteiger partial charge in [-0.1, -0.05) is 12.5 Å². The number of amides is 1. The highest BCUT2D eigenvalue weighted by Crippen LogP contribution is 2.25. The third kappa shape index (κ3) is 4.11. The zero-order chi connectivity index (χ0) is 19.6. The van der Waals surface area contributed by atoms with Crippen LogP contribution < -0.4 is 0 Å². The van der Waals surface area contributed by atoms with E-state index < -0.39 is 10.0 Å². The van der Waals surface area contributed by atoms with Crippen molar-refractivity contribution >= 4 is 15.9 Å². The molecule has 3 aliphatic heterocycles. The van der Waals surface area contributed by atoms with Gasteiger partial charge in [0.05, 0.1) is 4.90 Å². The molecular formula is C21H31N3O3S. The number of rotatable bonds is 5. The summed E-state index contributed by atoms with van der Waals surface area (Å²) in [5.41, 5.74) is 0.492. The molecule has 3 saturated heterocycles. The molecule has 1 aromatic carbocycles. The van der Waals surface area contributed by atoms with Crippen molar-refractivity contribution in [2.45, 2.75) is 55.9 Å². The minimum absolute atomic E-state index is 0.0302. The highest BCUT2D eigenvalue weighted by molar-refractivity contribution is 7.89. The highest BCUT2D eigenvalue weighted by Gasteiger charge is 2.32. The first-order valence-corrected chi connectivity index (χ1v) is 12.1. The van der Waals surface area contributed by atoms with Crippen molar-refractivity contribution < 1.29 is 13.2 Å². The summed E-state index contributed by atoms with van der Waals surface area (Å²) in [6.07, 6.45) is 7.45. The van der Waals surface area contributed by atoms with Crippen LogP contribution in [0.4, 0.5) is 0 Å². The summed E-state index contributed by atoms with van der Waals surface area (Å²) < 4.78 is 27.5. The Hall–Kier alpha value is -1.44. The standard InChI is InChI=1S/C21H31N3O3S/c25-21(24-15-7-9-19(24)17-22-11-4-5-12-22)18-8-6-10-20(16-18)28(26,27)23-13-2-1-3-14-23/h6,8,10,16,19H,1-5,7,9,11-15,17H2. The Morgan fingerprint density at radius 3 is 2.39 bits per heavy atom. The van der Waals surface area contributed by atoms with Crippen LogP contribution in [0, 0.1) is 0 Å². The Bertz CT molecular complexity index is 799. The lowest BCUT2D eigenvalue weighted by molar-refractivity contribution is 0.0708. The first-order valence-electron chi connectivity index (χ1n) is 10.7. The predicted octanol–water partition coefficient (Wildman–Crippen LogP) is 2.56. The smallest absolute Gasteiger partial charge is 0.254 e. The topological polar surface area (TPSA) is 60.9 Å². The summed E-state index contributed by atoms with van der Waals surface area (Å²) in [5, 5.41) is 0. The van der Waals surface area contributed by atoms with Gasteiger partial charge in [0, 0.05) is 37.8 Å². The van der Waals surface area contributed by atoms with E-state index >= 15 is 0 Å². The van der Waals surface area contributed by atoms with E-state index in [4.69, 9.17) is 0 Å². The van der Waals surface area contributed by atoms with Crippen molar-refractivity contribution in [3.63, 3.8) is 0 Å². The Morgan fingerprint density at radius 1 is 0.929 bits per heavy atom. The molecule has 3 heterocycles. The largest absolute Gasteiger partial charge is 0.334 e. The van der Waals surface area contributed by atoms with E-state index in [-0.39, 0.29) is 16.8 Å². The zero-order valence-corrected chi connectivity index (χ0v) is 17.4. The minimum Gasteiger partial charge on any atom is -0.334 e. The van der Waals surface area contributed by atoms with Crippen LogP contribution in [-0.4, -0.2) is 73.7 Å². The van der Waals surface area contributed by atoms with E-state index in [0.29, 0.717) is 18.7 Å². The molecule has 0 radical (unpaired) electrons. The summed E-state index contributed by atoms with van der Waals surface area (Å²) in [6, 6.07) is 6.90. The molecule has 1 unspecified atom stereocenters. The fourth-order valence-electron chi connectivity index (χ4n) is 4.77. The molecule has 0 N–H and O–H groups in total. The molecular weight excluding hydrogens is 374 g/mol. The van der Waals surface area contributed by atoms with E-state index in [1.807, 2.05) is 4.90 Å². The van der Waals surface area contributed by atoms with Crippen molar-refractivity contribution in [1.82, 2.24) is 14.1 Å². The first kappa shape index (κ1) is 19.9. The van der Waals surface area contributed by atoms with Crippen LogP contribution in [0.25, 0.3) is 0 Å². The average molecular weight is 406 g/mol. The second kappa shape index (κ2) is 8.51. The highest BCUT2D eigenvalue weighted by atomic mass is 32.2. The van der Waals surface area contributed by atoms with Crippen molar-refractivity contribution in [3.05, 3.63) is 29.8 Å². The molecule has 3 aliphatic rings. The van der Waals surface area contributed by atoms with Crippen LogP contribution in [0.15, 0.2) is 29.2 Å². The number of carbonyl (C=O) groups is 1. The van der Waals surface area contributed by atoms with Crippen LogP contribution in [0.1, 0.15) is 55.3 Å². The predicted molar refractivity (Wildman–Crippen MR) is 109 cm³/mol. The minimum atomic E-state index is -3.52. The number of piperidine rings is 1. The molecule has 28 heavy (non-hydrogen) atoms. The average Bonchev–Trinajstić information content (AvgIpc) is 3.41. The SMILES string of the molecule is O=C(c1cccc(S(=O)(=O)N2CCCCC2)c1)N1CCCC1CN1CCCC1. The Labute approximate surface area is 168 Å². The van der Waals surface area contributed by atoms with Crippen LogP contribution in [0.3, 0.4) is 0 Å². The molecule has 1 amide bonds. The van der Waals surface area contributed by atoms with Gasteiger partial charge < -0.3 is 9.80 Å². The second-order valence-electron chi connectivity index (χ2n) is 8.29. The van der Waals surface area contributed by atoms with Gasteiger partial charge in [-0.15, -0.1) is 0 Å². The van der Waals surface area contributed by atoms with Crippen LogP contribution in [0.5, 0.6) is 0 Å². The summed E-state index contributed by atoms with van der Waals surface area (Å²) in [5.74, 6) is -0.0302. The van der Waals surface area contributed by atoms with E-state index in [0.717, 1.165) is 58.3 Å². The van der Waals surface area contributed by atoms with Crippen LogP contribution in [-0.2, 0) is 10.0 Å². The molecule has 7 heteroatoms. The normalized spacial score (nSPS) is 24.7. The van der Waals surface area contributed by atoms with E-state index in [1.54, 1.807) is 28.6 Å². The van der Waals surface area contributed by atoms with Gasteiger partial charge in [-0.3, -0.25) is 4.79 Å². The lowest BCUT2D eigenvalue weighted by atomic mass is 10.1. The maximum atomic E-state index is 13.2. The van der Waals surface area contributed by atoms with Gasteiger partial charge in [0.1, 0.15) is 0 Å². The molecule has 1 aromatic rings. The number of benzene rings is 1. The number of likely N-dealkylation sites (tertiary alicyclic amines) is 2. The molecule has 1 atom stereocenters. The number of sulfonamides is 1. The fraction of sp³-hybridized carbons (Fsp3) is 0.667. The van der Waals surface area contributed by atoms with Gasteiger partial charge in [-0.05, 0) is 69.8 Å². The maximum absolute atomic E-state index is 13.2. The van der Waals surface area contributed by atoms with Crippen molar-refractivity contribution in [3.8, 4) is 0 Å².